The Morgan fingerprint density at radius 1 is 0.964 bits per heavy atom. The number of amides is 1. The van der Waals surface area contributed by atoms with Crippen molar-refractivity contribution in [2.24, 2.45) is 0 Å². The predicted octanol–water partition coefficient (Wildman–Crippen LogP) is 3.91. The highest BCUT2D eigenvalue weighted by Gasteiger charge is 2.38. The van der Waals surface area contributed by atoms with E-state index in [1.54, 1.807) is 19.0 Å². The van der Waals surface area contributed by atoms with E-state index in [1.807, 2.05) is 0 Å². The molecule has 10 heteroatoms. The number of carbonyl (C=O) groups excluding carboxylic acids is 1. The van der Waals surface area contributed by atoms with E-state index in [-0.39, 0.29) is 18.7 Å². The zero-order valence-corrected chi connectivity index (χ0v) is 15.5. The molecule has 1 saturated heterocycles. The van der Waals surface area contributed by atoms with Gasteiger partial charge in [0.15, 0.2) is 0 Å². The minimum atomic E-state index is -5.00. The first-order chi connectivity index (χ1) is 12.9. The Hall–Kier alpha value is -1.81. The molecule has 1 aliphatic heterocycles. The molecule has 4 nitrogen and oxygen atoms in total. The van der Waals surface area contributed by atoms with Crippen molar-refractivity contribution in [1.82, 2.24) is 9.80 Å². The fraction of sp³-hybridized carbons (Fsp3) is 0.611. The maximum absolute atomic E-state index is 13.1. The van der Waals surface area contributed by atoms with Gasteiger partial charge in [0.2, 0.25) is 0 Å². The molecule has 0 bridgehead atoms. The lowest BCUT2D eigenvalue weighted by Crippen LogP contribution is -2.46. The van der Waals surface area contributed by atoms with E-state index in [2.05, 4.69) is 0 Å². The molecule has 0 N–H and O–H groups in total. The molecule has 1 amide bonds. The van der Waals surface area contributed by atoms with Gasteiger partial charge in [0.05, 0.1) is 11.1 Å². The fourth-order valence-corrected chi connectivity index (χ4v) is 3.00. The number of hydrogen-bond donors (Lipinski definition) is 0. The fourth-order valence-electron chi connectivity index (χ4n) is 3.00. The van der Waals surface area contributed by atoms with Crippen molar-refractivity contribution in [2.75, 3.05) is 40.4 Å². The van der Waals surface area contributed by atoms with Gasteiger partial charge >= 0.3 is 12.4 Å². The van der Waals surface area contributed by atoms with E-state index in [0.29, 0.717) is 44.7 Å². The Labute approximate surface area is 159 Å². The molecule has 1 aromatic carbocycles. The van der Waals surface area contributed by atoms with Crippen LogP contribution in [0.1, 0.15) is 34.3 Å². The molecule has 1 aliphatic rings. The quantitative estimate of drug-likeness (QED) is 0.688. The predicted molar refractivity (Wildman–Crippen MR) is 89.9 cm³/mol. The first-order valence-corrected chi connectivity index (χ1v) is 8.72. The van der Waals surface area contributed by atoms with E-state index < -0.39 is 35.0 Å². The van der Waals surface area contributed by atoms with Crippen LogP contribution in [0.4, 0.5) is 26.3 Å². The third-order valence-electron chi connectivity index (χ3n) is 4.52. The molecule has 0 saturated carbocycles. The van der Waals surface area contributed by atoms with Crippen LogP contribution < -0.4 is 0 Å². The molecule has 0 atom stereocenters. The van der Waals surface area contributed by atoms with Crippen molar-refractivity contribution in [3.8, 4) is 0 Å². The highest BCUT2D eigenvalue weighted by Crippen LogP contribution is 2.36. The van der Waals surface area contributed by atoms with Gasteiger partial charge in [-0.3, -0.25) is 4.79 Å². The Kier molecular flexibility index (Phi) is 6.97. The summed E-state index contributed by atoms with van der Waals surface area (Å²) in [5.41, 5.74) is -3.61. The minimum Gasteiger partial charge on any atom is -0.381 e. The van der Waals surface area contributed by atoms with Gasteiger partial charge in [-0.1, -0.05) is 0 Å². The van der Waals surface area contributed by atoms with Gasteiger partial charge in [0.1, 0.15) is 0 Å². The number of rotatable bonds is 5. The third kappa shape index (κ3) is 5.84. The Balaban J connectivity index is 2.43. The molecule has 1 heterocycles. The molecule has 0 spiro atoms. The summed E-state index contributed by atoms with van der Waals surface area (Å²) in [6.45, 7) is 1.38. The summed E-state index contributed by atoms with van der Waals surface area (Å²) in [4.78, 5) is 16.1. The summed E-state index contributed by atoms with van der Waals surface area (Å²) in [7, 11) is 3.53. The Bertz CT molecular complexity index is 649. The minimum absolute atomic E-state index is 0.0232. The second-order valence-corrected chi connectivity index (χ2v) is 6.94. The van der Waals surface area contributed by atoms with Crippen LogP contribution in [0.15, 0.2) is 18.2 Å². The van der Waals surface area contributed by atoms with E-state index in [1.165, 1.54) is 4.90 Å². The molecule has 2 rings (SSSR count). The van der Waals surface area contributed by atoms with Crippen LogP contribution >= 0.6 is 0 Å². The maximum Gasteiger partial charge on any atom is 0.416 e. The number of nitrogens with zero attached hydrogens (tertiary/aromatic N) is 2. The highest BCUT2D eigenvalue weighted by molar-refractivity contribution is 5.95. The average Bonchev–Trinajstić information content (AvgIpc) is 2.60. The second-order valence-electron chi connectivity index (χ2n) is 6.94. The van der Waals surface area contributed by atoms with Gasteiger partial charge in [-0.25, -0.2) is 0 Å². The molecule has 28 heavy (non-hydrogen) atoms. The topological polar surface area (TPSA) is 32.8 Å². The standard InChI is InChI=1S/C18H22F6N2O2/c1-25(2)5-6-26(15-3-7-28-8-4-15)16(27)12-9-13(17(19,20)21)11-14(10-12)18(22,23)24/h9-11,15H,3-8H2,1-2H3. The van der Waals surface area contributed by atoms with Gasteiger partial charge in [-0.05, 0) is 45.1 Å². The first-order valence-electron chi connectivity index (χ1n) is 8.72. The largest absolute Gasteiger partial charge is 0.416 e. The third-order valence-corrected chi connectivity index (χ3v) is 4.52. The van der Waals surface area contributed by atoms with Crippen molar-refractivity contribution >= 4 is 5.91 Å². The summed E-state index contributed by atoms with van der Waals surface area (Å²) in [5, 5.41) is 0. The molecule has 1 aromatic rings. The molecule has 0 aromatic heterocycles. The van der Waals surface area contributed by atoms with Crippen molar-refractivity contribution < 1.29 is 35.9 Å². The molecular weight excluding hydrogens is 390 g/mol. The lowest BCUT2D eigenvalue weighted by atomic mass is 10.0. The van der Waals surface area contributed by atoms with E-state index in [4.69, 9.17) is 4.74 Å². The zero-order chi connectivity index (χ0) is 21.1. The zero-order valence-electron chi connectivity index (χ0n) is 15.5. The number of carbonyl (C=O) groups is 1. The SMILES string of the molecule is CN(C)CCN(C(=O)c1cc(C(F)(F)F)cc(C(F)(F)F)c1)C1CCOCC1. The smallest absolute Gasteiger partial charge is 0.381 e. The lowest BCUT2D eigenvalue weighted by molar-refractivity contribution is -0.143. The number of halogens is 6. The van der Waals surface area contributed by atoms with Crippen molar-refractivity contribution in [1.29, 1.82) is 0 Å². The maximum atomic E-state index is 13.1. The van der Waals surface area contributed by atoms with Crippen molar-refractivity contribution in [3.63, 3.8) is 0 Å². The number of benzene rings is 1. The summed E-state index contributed by atoms with van der Waals surface area (Å²) >= 11 is 0. The van der Waals surface area contributed by atoms with Crippen molar-refractivity contribution in [2.45, 2.75) is 31.2 Å². The van der Waals surface area contributed by atoms with Crippen LogP contribution in [0.25, 0.3) is 0 Å². The molecule has 0 unspecified atom stereocenters. The van der Waals surface area contributed by atoms with Crippen LogP contribution in [-0.4, -0.2) is 62.1 Å². The molecule has 0 radical (unpaired) electrons. The monoisotopic (exact) mass is 412 g/mol. The molecule has 158 valence electrons. The normalized spacial score (nSPS) is 16.5. The van der Waals surface area contributed by atoms with Gasteiger partial charge in [-0.2, -0.15) is 26.3 Å². The average molecular weight is 412 g/mol. The highest BCUT2D eigenvalue weighted by atomic mass is 19.4. The van der Waals surface area contributed by atoms with Gasteiger partial charge in [0.25, 0.3) is 5.91 Å². The molecule has 1 fully saturated rings. The lowest BCUT2D eigenvalue weighted by Gasteiger charge is -2.35. The number of alkyl halides is 6. The van der Waals surface area contributed by atoms with Gasteiger partial charge < -0.3 is 14.5 Å². The Morgan fingerprint density at radius 3 is 1.89 bits per heavy atom. The Morgan fingerprint density at radius 2 is 1.46 bits per heavy atom. The number of hydrogen-bond acceptors (Lipinski definition) is 3. The first kappa shape index (κ1) is 22.5. The number of ether oxygens (including phenoxy) is 1. The van der Waals surface area contributed by atoms with Crippen LogP contribution in [0, 0.1) is 0 Å². The van der Waals surface area contributed by atoms with E-state index in [9.17, 15) is 31.1 Å². The molecule has 0 aliphatic carbocycles. The van der Waals surface area contributed by atoms with Crippen LogP contribution in [0.2, 0.25) is 0 Å². The summed E-state index contributed by atoms with van der Waals surface area (Å²) in [6, 6.07) is 0.694. The number of likely N-dealkylation sites (N-methyl/N-ethyl adjacent to an activating group) is 1. The van der Waals surface area contributed by atoms with Crippen molar-refractivity contribution in [3.05, 3.63) is 34.9 Å². The van der Waals surface area contributed by atoms with Crippen LogP contribution in [0.5, 0.6) is 0 Å². The molecular formula is C18H22F6N2O2. The van der Waals surface area contributed by atoms with E-state index in [0.717, 1.165) is 0 Å². The second kappa shape index (κ2) is 8.69. The van der Waals surface area contributed by atoms with Crippen LogP contribution in [-0.2, 0) is 17.1 Å². The summed E-state index contributed by atoms with van der Waals surface area (Å²) in [5.74, 6) is -0.842. The van der Waals surface area contributed by atoms with Gasteiger partial charge in [-0.15, -0.1) is 0 Å². The van der Waals surface area contributed by atoms with Crippen LogP contribution in [0.3, 0.4) is 0 Å². The summed E-state index contributed by atoms with van der Waals surface area (Å²) in [6.07, 6.45) is -9.04. The summed E-state index contributed by atoms with van der Waals surface area (Å²) < 4.78 is 83.8. The van der Waals surface area contributed by atoms with E-state index >= 15 is 0 Å². The van der Waals surface area contributed by atoms with Gasteiger partial charge in [0, 0.05) is 37.9 Å².